The van der Waals surface area contributed by atoms with Gasteiger partial charge in [0.05, 0.1) is 0 Å². The molecular formula is C8H18LiO4SSi. The van der Waals surface area contributed by atoms with Crippen LogP contribution in [0.25, 0.3) is 0 Å². The Morgan fingerprint density at radius 3 is 1.53 bits per heavy atom. The molecule has 1 radical (unpaired) electrons. The van der Waals surface area contributed by atoms with E-state index in [-0.39, 0.29) is 18.9 Å². The first-order chi connectivity index (χ1) is 6.60. The predicted octanol–water partition coefficient (Wildman–Crippen LogP) is 1.51. The van der Waals surface area contributed by atoms with Crippen molar-refractivity contribution in [1.29, 1.82) is 0 Å². The van der Waals surface area contributed by atoms with Gasteiger partial charge in [-0.25, -0.2) is 0 Å². The van der Waals surface area contributed by atoms with Crippen LogP contribution in [0.1, 0.15) is 27.7 Å². The van der Waals surface area contributed by atoms with Crippen molar-refractivity contribution in [3.05, 3.63) is 0 Å². The maximum Gasteiger partial charge on any atom is 0.750 e. The van der Waals surface area contributed by atoms with Crippen LogP contribution in [0.5, 0.6) is 0 Å². The first-order valence-electron chi connectivity index (χ1n) is 4.71. The van der Waals surface area contributed by atoms with Crippen LogP contribution in [0.2, 0.25) is 0 Å². The van der Waals surface area contributed by atoms with Gasteiger partial charge in [-0.3, -0.25) is 0 Å². The molecule has 0 fully saturated rings. The Hall–Kier alpha value is 0.584. The molecule has 0 N–H and O–H groups in total. The van der Waals surface area contributed by atoms with Crippen LogP contribution in [0.3, 0.4) is 0 Å². The fraction of sp³-hybridized carbons (Fsp3) is 0.875. The van der Waals surface area contributed by atoms with Gasteiger partial charge >= 0.3 is 9.05 Å². The molecule has 85 valence electrons. The summed E-state index contributed by atoms with van der Waals surface area (Å²) >= 11 is 4.86. The molecule has 0 aliphatic heterocycles. The summed E-state index contributed by atoms with van der Waals surface area (Å²) in [5.74, 6) is 0. The van der Waals surface area contributed by atoms with Crippen LogP contribution >= 0.6 is 12.2 Å². The molecule has 0 heterocycles. The van der Waals surface area contributed by atoms with Crippen molar-refractivity contribution in [2.45, 2.75) is 27.7 Å². The van der Waals surface area contributed by atoms with Gasteiger partial charge in [-0.2, -0.15) is 0 Å². The average Bonchev–Trinajstić information content (AvgIpc) is 2.03. The Labute approximate surface area is 110 Å². The second-order valence-corrected chi connectivity index (χ2v) is 5.04. The van der Waals surface area contributed by atoms with E-state index in [1.807, 2.05) is 20.8 Å². The summed E-state index contributed by atoms with van der Waals surface area (Å²) in [6, 6.07) is 0. The van der Waals surface area contributed by atoms with Crippen LogP contribution in [0.4, 0.5) is 0 Å². The molecule has 0 saturated carbocycles. The first-order valence-corrected chi connectivity index (χ1v) is 6.75. The van der Waals surface area contributed by atoms with Crippen LogP contribution in [0.15, 0.2) is 0 Å². The SMILES string of the molecule is CCO[Si](OCC)(OCC)OC(C)=S.[Li]. The molecule has 0 bridgehead atoms. The van der Waals surface area contributed by atoms with E-state index >= 15 is 0 Å². The Kier molecular flexibility index (Phi) is 11.7. The molecule has 0 aromatic carbocycles. The van der Waals surface area contributed by atoms with Crippen molar-refractivity contribution in [3.63, 3.8) is 0 Å². The van der Waals surface area contributed by atoms with E-state index in [0.717, 1.165) is 0 Å². The van der Waals surface area contributed by atoms with E-state index in [1.54, 1.807) is 6.92 Å². The third kappa shape index (κ3) is 7.47. The maximum absolute atomic E-state index is 5.41. The number of hydrogen-bond donors (Lipinski definition) is 0. The van der Waals surface area contributed by atoms with E-state index in [0.29, 0.717) is 24.9 Å². The van der Waals surface area contributed by atoms with E-state index in [1.165, 1.54) is 0 Å². The molecule has 0 amide bonds. The van der Waals surface area contributed by atoms with Gasteiger partial charge < -0.3 is 17.7 Å². The molecule has 4 nitrogen and oxygen atoms in total. The Morgan fingerprint density at radius 1 is 1.00 bits per heavy atom. The molecule has 0 aliphatic carbocycles. The molecule has 0 aliphatic rings. The minimum atomic E-state index is -3.00. The molecule has 0 unspecified atom stereocenters. The molecule has 0 aromatic rings. The summed E-state index contributed by atoms with van der Waals surface area (Å²) in [5, 5.41) is 0.381. The second kappa shape index (κ2) is 9.79. The van der Waals surface area contributed by atoms with E-state index in [9.17, 15) is 0 Å². The van der Waals surface area contributed by atoms with Crippen molar-refractivity contribution >= 4 is 45.2 Å². The largest absolute Gasteiger partial charge is 0.750 e. The quantitative estimate of drug-likeness (QED) is 0.502. The Balaban J connectivity index is 0. The minimum absolute atomic E-state index is 0. The fourth-order valence-electron chi connectivity index (χ4n) is 0.920. The monoisotopic (exact) mass is 245 g/mol. The van der Waals surface area contributed by atoms with Crippen LogP contribution in [-0.2, 0) is 17.7 Å². The van der Waals surface area contributed by atoms with E-state index in [4.69, 9.17) is 29.9 Å². The number of hydrogen-bond acceptors (Lipinski definition) is 5. The van der Waals surface area contributed by atoms with Crippen molar-refractivity contribution in [1.82, 2.24) is 0 Å². The zero-order valence-corrected chi connectivity index (χ0v) is 12.0. The smallest absolute Gasteiger partial charge is 0.474 e. The van der Waals surface area contributed by atoms with Crippen molar-refractivity contribution in [2.75, 3.05) is 19.8 Å². The van der Waals surface area contributed by atoms with Gasteiger partial charge in [0.15, 0.2) is 0 Å². The van der Waals surface area contributed by atoms with Crippen LogP contribution in [-0.4, -0.2) is 52.8 Å². The first kappa shape index (κ1) is 18.0. The summed E-state index contributed by atoms with van der Waals surface area (Å²) in [5.41, 5.74) is 0. The van der Waals surface area contributed by atoms with Gasteiger partial charge in [0, 0.05) is 45.6 Å². The Morgan fingerprint density at radius 2 is 1.33 bits per heavy atom. The van der Waals surface area contributed by atoms with E-state index < -0.39 is 9.05 Å². The molecule has 0 aromatic heterocycles. The maximum atomic E-state index is 5.41. The summed E-state index contributed by atoms with van der Waals surface area (Å²) in [6.07, 6.45) is 0. The minimum Gasteiger partial charge on any atom is -0.474 e. The van der Waals surface area contributed by atoms with Gasteiger partial charge in [0.25, 0.3) is 0 Å². The Bertz CT molecular complexity index is 165. The summed E-state index contributed by atoms with van der Waals surface area (Å²) < 4.78 is 21.6. The number of thiocarbonyl (C=S) groups is 1. The normalized spacial score (nSPS) is 10.7. The summed E-state index contributed by atoms with van der Waals surface area (Å²) in [7, 11) is -3.00. The predicted molar refractivity (Wildman–Crippen MR) is 65.7 cm³/mol. The van der Waals surface area contributed by atoms with Gasteiger partial charge in [-0.1, -0.05) is 0 Å². The molecule has 7 heteroatoms. The topological polar surface area (TPSA) is 36.9 Å². The molecule has 0 atom stereocenters. The molecule has 15 heavy (non-hydrogen) atoms. The molecular weight excluding hydrogens is 227 g/mol. The van der Waals surface area contributed by atoms with E-state index in [2.05, 4.69) is 0 Å². The zero-order valence-electron chi connectivity index (χ0n) is 10.2. The van der Waals surface area contributed by atoms with Crippen molar-refractivity contribution < 1.29 is 17.7 Å². The van der Waals surface area contributed by atoms with Crippen LogP contribution in [0, 0.1) is 0 Å². The second-order valence-electron chi connectivity index (χ2n) is 2.39. The average molecular weight is 245 g/mol. The van der Waals surface area contributed by atoms with Crippen molar-refractivity contribution in [3.8, 4) is 0 Å². The van der Waals surface area contributed by atoms with Gasteiger partial charge in [0.1, 0.15) is 5.05 Å². The molecule has 0 saturated heterocycles. The fourth-order valence-corrected chi connectivity index (χ4v) is 3.07. The summed E-state index contributed by atoms with van der Waals surface area (Å²) in [6.45, 7) is 8.71. The zero-order chi connectivity index (χ0) is 11.0. The van der Waals surface area contributed by atoms with Crippen molar-refractivity contribution in [2.24, 2.45) is 0 Å². The third-order valence-corrected chi connectivity index (χ3v) is 3.95. The molecule has 0 rings (SSSR count). The standard InChI is InChI=1S/C8H18O4SSi.Li/c1-5-9-14(10-6-2,11-7-3)12-8(4)13;/h5-7H2,1-4H3;. The van der Waals surface area contributed by atoms with Gasteiger partial charge in [-0.05, 0) is 33.0 Å². The van der Waals surface area contributed by atoms with Gasteiger partial charge in [0.2, 0.25) is 0 Å². The summed E-state index contributed by atoms with van der Waals surface area (Å²) in [4.78, 5) is 0. The number of rotatable bonds is 7. The van der Waals surface area contributed by atoms with Crippen LogP contribution < -0.4 is 0 Å². The van der Waals surface area contributed by atoms with Gasteiger partial charge in [-0.15, -0.1) is 0 Å². The molecule has 0 spiro atoms. The third-order valence-electron chi connectivity index (χ3n) is 1.23.